The Kier molecular flexibility index (Phi) is 4.93. The van der Waals surface area contributed by atoms with Gasteiger partial charge in [0.1, 0.15) is 11.1 Å². The maximum Gasteiger partial charge on any atom is 0.411 e. The second kappa shape index (κ2) is 6.57. The fourth-order valence-electron chi connectivity index (χ4n) is 3.10. The number of carbonyl (C=O) groups is 2. The Labute approximate surface area is 138 Å². The molecule has 124 valence electrons. The minimum absolute atomic E-state index is 0.0404. The second-order valence-corrected chi connectivity index (χ2v) is 6.96. The Morgan fingerprint density at radius 1 is 1.30 bits per heavy atom. The van der Waals surface area contributed by atoms with E-state index in [4.69, 9.17) is 4.74 Å². The van der Waals surface area contributed by atoms with Gasteiger partial charge in [-0.25, -0.2) is 4.79 Å². The van der Waals surface area contributed by atoms with Crippen molar-refractivity contribution in [2.45, 2.75) is 51.2 Å². The first-order chi connectivity index (χ1) is 10.8. The number of likely N-dealkylation sites (tertiary alicyclic amines) is 1. The molecule has 1 heterocycles. The molecule has 1 aliphatic rings. The Morgan fingerprint density at radius 3 is 2.52 bits per heavy atom. The van der Waals surface area contributed by atoms with E-state index in [0.717, 1.165) is 6.42 Å². The van der Waals surface area contributed by atoms with Gasteiger partial charge < -0.3 is 4.74 Å². The van der Waals surface area contributed by atoms with Crippen molar-refractivity contribution in [3.63, 3.8) is 0 Å². The fraction of sp³-hybridized carbons (Fsp3) is 0.474. The number of ketones is 1. The molecular formula is C19H25NO3. The highest BCUT2D eigenvalue weighted by molar-refractivity contribution is 6.05. The number of ether oxygens (including phenoxy) is 1. The van der Waals surface area contributed by atoms with Crippen LogP contribution in [0.3, 0.4) is 0 Å². The molecule has 0 N–H and O–H groups in total. The van der Waals surface area contributed by atoms with Crippen LogP contribution in [0, 0.1) is 0 Å². The molecule has 0 bridgehead atoms. The molecule has 4 heteroatoms. The van der Waals surface area contributed by atoms with E-state index < -0.39 is 17.2 Å². The summed E-state index contributed by atoms with van der Waals surface area (Å²) in [5, 5.41) is 0. The Bertz CT molecular complexity index is 588. The summed E-state index contributed by atoms with van der Waals surface area (Å²) in [4.78, 5) is 27.3. The predicted octanol–water partition coefficient (Wildman–Crippen LogP) is 4.22. The molecular weight excluding hydrogens is 290 g/mol. The van der Waals surface area contributed by atoms with E-state index in [9.17, 15) is 9.59 Å². The van der Waals surface area contributed by atoms with Crippen LogP contribution in [-0.4, -0.2) is 34.5 Å². The summed E-state index contributed by atoms with van der Waals surface area (Å²) in [6.07, 6.45) is 3.13. The quantitative estimate of drug-likeness (QED) is 0.617. The highest BCUT2D eigenvalue weighted by Gasteiger charge is 2.50. The van der Waals surface area contributed by atoms with Gasteiger partial charge in [0.05, 0.1) is 0 Å². The molecule has 0 aromatic heterocycles. The Hall–Kier alpha value is -2.10. The standard InChI is InChI=1S/C19H25NO3/c1-5-12-19(16(21)15-10-7-6-8-11-15)13-9-14-20(19)17(22)23-18(2,3)4/h5-8,10-11H,1,9,12-14H2,2-4H3/t19-/m1/s1. The van der Waals surface area contributed by atoms with E-state index >= 15 is 0 Å². The van der Waals surface area contributed by atoms with Crippen molar-refractivity contribution in [1.29, 1.82) is 0 Å². The number of hydrogen-bond acceptors (Lipinski definition) is 3. The van der Waals surface area contributed by atoms with E-state index in [1.54, 1.807) is 23.1 Å². The van der Waals surface area contributed by atoms with Gasteiger partial charge in [0, 0.05) is 12.1 Å². The van der Waals surface area contributed by atoms with E-state index in [0.29, 0.717) is 24.9 Å². The van der Waals surface area contributed by atoms with Gasteiger partial charge in [-0.15, -0.1) is 6.58 Å². The highest BCUT2D eigenvalue weighted by atomic mass is 16.6. The third-order valence-electron chi connectivity index (χ3n) is 4.04. The lowest BCUT2D eigenvalue weighted by molar-refractivity contribution is 0.00913. The molecule has 4 nitrogen and oxygen atoms in total. The number of hydrogen-bond donors (Lipinski definition) is 0. The maximum atomic E-state index is 13.1. The van der Waals surface area contributed by atoms with Crippen molar-refractivity contribution < 1.29 is 14.3 Å². The topological polar surface area (TPSA) is 46.6 Å². The number of benzene rings is 1. The molecule has 0 saturated carbocycles. The fourth-order valence-corrected chi connectivity index (χ4v) is 3.10. The Morgan fingerprint density at radius 2 is 1.96 bits per heavy atom. The van der Waals surface area contributed by atoms with E-state index in [1.807, 2.05) is 39.0 Å². The number of amides is 1. The lowest BCUT2D eigenvalue weighted by atomic mass is 9.84. The average molecular weight is 315 g/mol. The van der Waals surface area contributed by atoms with Crippen LogP contribution in [-0.2, 0) is 4.74 Å². The molecule has 1 aliphatic heterocycles. The van der Waals surface area contributed by atoms with Crippen molar-refractivity contribution in [3.05, 3.63) is 48.6 Å². The molecule has 1 aromatic rings. The van der Waals surface area contributed by atoms with Crippen LogP contribution in [0.1, 0.15) is 50.4 Å². The first-order valence-electron chi connectivity index (χ1n) is 8.01. The molecule has 1 aromatic carbocycles. The number of nitrogens with zero attached hydrogens (tertiary/aromatic N) is 1. The molecule has 0 unspecified atom stereocenters. The van der Waals surface area contributed by atoms with Gasteiger partial charge >= 0.3 is 6.09 Å². The third-order valence-corrected chi connectivity index (χ3v) is 4.04. The monoisotopic (exact) mass is 315 g/mol. The molecule has 0 aliphatic carbocycles. The van der Waals surface area contributed by atoms with Gasteiger partial charge in [-0.3, -0.25) is 9.69 Å². The predicted molar refractivity (Wildman–Crippen MR) is 90.5 cm³/mol. The third kappa shape index (κ3) is 3.63. The van der Waals surface area contributed by atoms with Crippen LogP contribution in [0.4, 0.5) is 4.79 Å². The first kappa shape index (κ1) is 17.3. The van der Waals surface area contributed by atoms with E-state index in [1.165, 1.54) is 0 Å². The van der Waals surface area contributed by atoms with Gasteiger partial charge in [-0.2, -0.15) is 0 Å². The summed E-state index contributed by atoms with van der Waals surface area (Å²) in [5.74, 6) is -0.0404. The molecule has 1 amide bonds. The van der Waals surface area contributed by atoms with Crippen LogP contribution < -0.4 is 0 Å². The largest absolute Gasteiger partial charge is 0.444 e. The summed E-state index contributed by atoms with van der Waals surface area (Å²) in [6.45, 7) is 9.80. The van der Waals surface area contributed by atoms with Crippen LogP contribution in [0.25, 0.3) is 0 Å². The van der Waals surface area contributed by atoms with Crippen molar-refractivity contribution >= 4 is 11.9 Å². The zero-order valence-electron chi connectivity index (χ0n) is 14.2. The van der Waals surface area contributed by atoms with Crippen molar-refractivity contribution in [1.82, 2.24) is 4.90 Å². The SMILES string of the molecule is C=CC[C@]1(C(=O)c2ccccc2)CCCN1C(=O)OC(C)(C)C. The van der Waals surface area contributed by atoms with Crippen LogP contribution in [0.5, 0.6) is 0 Å². The number of rotatable bonds is 4. The smallest absolute Gasteiger partial charge is 0.411 e. The van der Waals surface area contributed by atoms with Gasteiger partial charge in [-0.05, 0) is 40.0 Å². The molecule has 23 heavy (non-hydrogen) atoms. The van der Waals surface area contributed by atoms with Crippen molar-refractivity contribution in [2.24, 2.45) is 0 Å². The highest BCUT2D eigenvalue weighted by Crippen LogP contribution is 2.37. The zero-order chi connectivity index (χ0) is 17.1. The van der Waals surface area contributed by atoms with Crippen LogP contribution >= 0.6 is 0 Å². The number of Topliss-reactive ketones (excluding diaryl/α,β-unsaturated/α-hetero) is 1. The second-order valence-electron chi connectivity index (χ2n) is 6.96. The van der Waals surface area contributed by atoms with Crippen LogP contribution in [0.15, 0.2) is 43.0 Å². The summed E-state index contributed by atoms with van der Waals surface area (Å²) in [6, 6.07) is 9.12. The minimum atomic E-state index is -0.883. The Balaban J connectivity index is 2.36. The molecule has 2 rings (SSSR count). The zero-order valence-corrected chi connectivity index (χ0v) is 14.2. The molecule has 1 atom stereocenters. The molecule has 1 fully saturated rings. The van der Waals surface area contributed by atoms with Crippen molar-refractivity contribution in [3.8, 4) is 0 Å². The van der Waals surface area contributed by atoms with Gasteiger partial charge in [-0.1, -0.05) is 36.4 Å². The summed E-state index contributed by atoms with van der Waals surface area (Å²) >= 11 is 0. The minimum Gasteiger partial charge on any atom is -0.444 e. The van der Waals surface area contributed by atoms with Crippen LogP contribution in [0.2, 0.25) is 0 Å². The summed E-state index contributed by atoms with van der Waals surface area (Å²) in [7, 11) is 0. The van der Waals surface area contributed by atoms with Gasteiger partial charge in [0.2, 0.25) is 0 Å². The van der Waals surface area contributed by atoms with Crippen molar-refractivity contribution in [2.75, 3.05) is 6.54 Å². The van der Waals surface area contributed by atoms with E-state index in [2.05, 4.69) is 6.58 Å². The summed E-state index contributed by atoms with van der Waals surface area (Å²) < 4.78 is 5.51. The first-order valence-corrected chi connectivity index (χ1v) is 8.01. The lowest BCUT2D eigenvalue weighted by Crippen LogP contribution is -2.54. The molecule has 0 radical (unpaired) electrons. The lowest BCUT2D eigenvalue weighted by Gasteiger charge is -2.37. The summed E-state index contributed by atoms with van der Waals surface area (Å²) in [5.41, 5.74) is -0.856. The van der Waals surface area contributed by atoms with E-state index in [-0.39, 0.29) is 5.78 Å². The molecule has 0 spiro atoms. The average Bonchev–Trinajstić information content (AvgIpc) is 2.91. The van der Waals surface area contributed by atoms with Gasteiger partial charge in [0.25, 0.3) is 0 Å². The normalized spacial score (nSPS) is 21.1. The maximum absolute atomic E-state index is 13.1. The van der Waals surface area contributed by atoms with Gasteiger partial charge in [0.15, 0.2) is 5.78 Å². The molecule has 1 saturated heterocycles. The number of carbonyl (C=O) groups excluding carboxylic acids is 2.